The molecule has 0 saturated heterocycles. The predicted octanol–water partition coefficient (Wildman–Crippen LogP) is -1.49. The van der Waals surface area contributed by atoms with Crippen molar-refractivity contribution in [3.8, 4) is 0 Å². The van der Waals surface area contributed by atoms with Gasteiger partial charge >= 0.3 is 29.6 Å². The van der Waals surface area contributed by atoms with Gasteiger partial charge in [0.05, 0.1) is 5.78 Å². The van der Waals surface area contributed by atoms with Gasteiger partial charge in [-0.15, -0.1) is 0 Å². The zero-order valence-corrected chi connectivity index (χ0v) is 8.14. The van der Waals surface area contributed by atoms with Crippen molar-refractivity contribution in [1.82, 2.24) is 0 Å². The molecule has 0 aromatic rings. The second-order valence-electron chi connectivity index (χ2n) is 1.39. The Morgan fingerprint density at radius 1 is 1.56 bits per heavy atom. The number of carbonyl (C=O) groups excluding carboxylic acids is 1. The van der Waals surface area contributed by atoms with E-state index in [-0.39, 0.29) is 35.3 Å². The molecule has 0 rings (SSSR count). The summed E-state index contributed by atoms with van der Waals surface area (Å²) in [5.41, 5.74) is 0. The third-order valence-electron chi connectivity index (χ3n) is 0.575. The summed E-state index contributed by atoms with van der Waals surface area (Å²) in [6, 6.07) is 0. The maximum absolute atomic E-state index is 10.1. The third kappa shape index (κ3) is 11.6. The summed E-state index contributed by atoms with van der Waals surface area (Å²) in [4.78, 5) is 10.1. The maximum atomic E-state index is 10.1. The SMILES string of the molecule is CC=CC=[C-]C(C)=O.[Na+]. The van der Waals surface area contributed by atoms with Crippen LogP contribution in [0.2, 0.25) is 0 Å². The molecule has 0 fully saturated rings. The van der Waals surface area contributed by atoms with Gasteiger partial charge in [0.25, 0.3) is 0 Å². The molecule has 44 valence electrons. The first kappa shape index (κ1) is 11.9. The summed E-state index contributed by atoms with van der Waals surface area (Å²) in [7, 11) is 0. The molecule has 0 N–H and O–H groups in total. The fourth-order valence-electron chi connectivity index (χ4n) is 0.262. The first-order valence-electron chi connectivity index (χ1n) is 2.49. The van der Waals surface area contributed by atoms with Gasteiger partial charge in [0.1, 0.15) is 0 Å². The van der Waals surface area contributed by atoms with Crippen molar-refractivity contribution >= 4 is 5.78 Å². The Morgan fingerprint density at radius 2 is 2.11 bits per heavy atom. The first-order chi connectivity index (χ1) is 3.77. The van der Waals surface area contributed by atoms with Gasteiger partial charge in [0.15, 0.2) is 0 Å². The standard InChI is InChI=1S/C7H9O.Na/c1-3-4-5-6-7(2)8;/h3-5H,1-2H3;/q-1;+1. The topological polar surface area (TPSA) is 17.1 Å². The van der Waals surface area contributed by atoms with Gasteiger partial charge in [-0.2, -0.15) is 6.08 Å². The van der Waals surface area contributed by atoms with E-state index in [4.69, 9.17) is 0 Å². The van der Waals surface area contributed by atoms with Crippen LogP contribution < -0.4 is 29.6 Å². The molecule has 0 aromatic heterocycles. The van der Waals surface area contributed by atoms with Gasteiger partial charge in [0, 0.05) is 0 Å². The van der Waals surface area contributed by atoms with E-state index in [9.17, 15) is 4.79 Å². The van der Waals surface area contributed by atoms with E-state index in [0.717, 1.165) is 0 Å². The van der Waals surface area contributed by atoms with Crippen LogP contribution >= 0.6 is 0 Å². The summed E-state index contributed by atoms with van der Waals surface area (Å²) in [6.45, 7) is 3.36. The molecule has 0 aliphatic carbocycles. The maximum Gasteiger partial charge on any atom is 1.00 e. The molecule has 1 nitrogen and oxygen atoms in total. The Kier molecular flexibility index (Phi) is 10.8. The Balaban J connectivity index is 0. The Bertz CT molecular complexity index is 125. The normalized spacial score (nSPS) is 10.0. The molecule has 0 atom stereocenters. The van der Waals surface area contributed by atoms with Crippen molar-refractivity contribution in [2.45, 2.75) is 13.8 Å². The summed E-state index contributed by atoms with van der Waals surface area (Å²) in [5, 5.41) is 0. The summed E-state index contributed by atoms with van der Waals surface area (Å²) in [6.07, 6.45) is 7.70. The minimum atomic E-state index is -0.0388. The van der Waals surface area contributed by atoms with Crippen molar-refractivity contribution in [1.29, 1.82) is 0 Å². The summed E-state index contributed by atoms with van der Waals surface area (Å²) >= 11 is 0. The molecular formula is C7H9NaO. The van der Waals surface area contributed by atoms with Crippen LogP contribution in [0.5, 0.6) is 0 Å². The van der Waals surface area contributed by atoms with E-state index in [2.05, 4.69) is 6.08 Å². The molecule has 0 aromatic carbocycles. The molecule has 0 heterocycles. The van der Waals surface area contributed by atoms with Crippen LogP contribution in [-0.2, 0) is 4.79 Å². The van der Waals surface area contributed by atoms with Crippen LogP contribution in [0.15, 0.2) is 18.2 Å². The average Bonchev–Trinajstić information content (AvgIpc) is 1.66. The van der Waals surface area contributed by atoms with Crippen LogP contribution in [0, 0.1) is 6.08 Å². The van der Waals surface area contributed by atoms with Crippen LogP contribution in [0.3, 0.4) is 0 Å². The summed E-state index contributed by atoms with van der Waals surface area (Å²) in [5.74, 6) is -0.0388. The number of rotatable bonds is 2. The third-order valence-corrected chi connectivity index (χ3v) is 0.575. The molecule has 0 bridgehead atoms. The van der Waals surface area contributed by atoms with Gasteiger partial charge in [-0.25, -0.2) is 18.2 Å². The van der Waals surface area contributed by atoms with Gasteiger partial charge in [-0.3, -0.25) is 0 Å². The van der Waals surface area contributed by atoms with E-state index < -0.39 is 0 Å². The predicted molar refractivity (Wildman–Crippen MR) is 33.3 cm³/mol. The molecule has 0 amide bonds. The number of ketones is 1. The van der Waals surface area contributed by atoms with Crippen molar-refractivity contribution in [2.24, 2.45) is 0 Å². The van der Waals surface area contributed by atoms with Gasteiger partial charge in [-0.1, -0.05) is 6.92 Å². The van der Waals surface area contributed by atoms with E-state index in [0.29, 0.717) is 0 Å². The molecule has 0 unspecified atom stereocenters. The van der Waals surface area contributed by atoms with Crippen molar-refractivity contribution in [3.05, 3.63) is 24.3 Å². The number of carbonyl (C=O) groups is 1. The molecule has 0 saturated carbocycles. The Hall–Kier alpha value is 0.150. The number of hydrogen-bond acceptors (Lipinski definition) is 1. The first-order valence-corrected chi connectivity index (χ1v) is 2.49. The second kappa shape index (κ2) is 8.15. The van der Waals surface area contributed by atoms with Gasteiger partial charge in [-0.05, 0) is 6.92 Å². The largest absolute Gasteiger partial charge is 1.00 e. The fraction of sp³-hybridized carbons (Fsp3) is 0.286. The van der Waals surface area contributed by atoms with Gasteiger partial charge < -0.3 is 4.79 Å². The summed E-state index contributed by atoms with van der Waals surface area (Å²) < 4.78 is 0. The second-order valence-corrected chi connectivity index (χ2v) is 1.39. The van der Waals surface area contributed by atoms with E-state index >= 15 is 0 Å². The van der Waals surface area contributed by atoms with E-state index in [1.54, 1.807) is 12.2 Å². The number of hydrogen-bond donors (Lipinski definition) is 0. The average molecular weight is 132 g/mol. The Labute approximate surface area is 78.1 Å². The monoisotopic (exact) mass is 132 g/mol. The molecule has 0 radical (unpaired) electrons. The molecule has 9 heavy (non-hydrogen) atoms. The van der Waals surface area contributed by atoms with Crippen LogP contribution in [0.25, 0.3) is 0 Å². The van der Waals surface area contributed by atoms with Gasteiger partial charge in [0.2, 0.25) is 0 Å². The smallest absolute Gasteiger partial charge is 0.317 e. The van der Waals surface area contributed by atoms with E-state index in [1.807, 2.05) is 13.0 Å². The minimum Gasteiger partial charge on any atom is -0.317 e. The van der Waals surface area contributed by atoms with E-state index in [1.165, 1.54) is 6.92 Å². The van der Waals surface area contributed by atoms with Crippen molar-refractivity contribution in [2.75, 3.05) is 0 Å². The molecule has 0 aliphatic heterocycles. The molecule has 0 spiro atoms. The molecule has 2 heteroatoms. The molecular weight excluding hydrogens is 123 g/mol. The number of allylic oxidation sites excluding steroid dienone is 4. The zero-order chi connectivity index (χ0) is 6.41. The van der Waals surface area contributed by atoms with Crippen LogP contribution in [0.4, 0.5) is 0 Å². The number of Topliss-reactive ketones (excluding diaryl/α,β-unsaturated/α-hetero) is 1. The quantitative estimate of drug-likeness (QED) is 0.194. The zero-order valence-electron chi connectivity index (χ0n) is 6.14. The van der Waals surface area contributed by atoms with Crippen LogP contribution in [0.1, 0.15) is 13.8 Å². The molecule has 0 aliphatic rings. The Morgan fingerprint density at radius 3 is 2.44 bits per heavy atom. The van der Waals surface area contributed by atoms with Crippen molar-refractivity contribution < 1.29 is 34.4 Å². The van der Waals surface area contributed by atoms with Crippen LogP contribution in [-0.4, -0.2) is 5.78 Å². The fourth-order valence-corrected chi connectivity index (χ4v) is 0.262. The minimum absolute atomic E-state index is 0. The van der Waals surface area contributed by atoms with Crippen molar-refractivity contribution in [3.63, 3.8) is 0 Å².